The van der Waals surface area contributed by atoms with Crippen LogP contribution < -0.4 is 14.8 Å². The Morgan fingerprint density at radius 3 is 2.57 bits per heavy atom. The number of amides is 1. The number of nitrogens with zero attached hydrogens (tertiary/aromatic N) is 1. The summed E-state index contributed by atoms with van der Waals surface area (Å²) >= 11 is 1.57. The fourth-order valence-corrected chi connectivity index (χ4v) is 4.04. The average molecular weight is 393 g/mol. The van der Waals surface area contributed by atoms with Crippen LogP contribution in [0.5, 0.6) is 11.5 Å². The van der Waals surface area contributed by atoms with Crippen molar-refractivity contribution in [3.8, 4) is 11.5 Å². The Morgan fingerprint density at radius 1 is 1.07 bits per heavy atom. The first-order valence-electron chi connectivity index (χ1n) is 9.29. The van der Waals surface area contributed by atoms with E-state index in [1.54, 1.807) is 11.8 Å². The molecule has 1 saturated carbocycles. The van der Waals surface area contributed by atoms with Gasteiger partial charge in [-0.1, -0.05) is 30.0 Å². The van der Waals surface area contributed by atoms with Crippen molar-refractivity contribution in [2.24, 2.45) is 0 Å². The summed E-state index contributed by atoms with van der Waals surface area (Å²) in [4.78, 5) is 14.7. The molecule has 1 fully saturated rings. The highest BCUT2D eigenvalue weighted by Gasteiger charge is 2.27. The summed E-state index contributed by atoms with van der Waals surface area (Å²) in [6.07, 6.45) is 2.31. The van der Waals surface area contributed by atoms with Gasteiger partial charge in [-0.05, 0) is 31.0 Å². The largest absolute Gasteiger partial charge is 0.486 e. The Hall–Kier alpha value is -2.93. The fraction of sp³-hybridized carbons (Fsp3) is 0.238. The standard InChI is InChI=1S/C21H19N3O3S/c25-21(17-10-15(23-24-17)13-6-7-13)22-16-11-18-19(27-9-8-26-18)12-20(16)28-14-4-2-1-3-5-14/h1-5,10-13H,6-9H2,(H,22,25)(H,23,24). The topological polar surface area (TPSA) is 76.2 Å². The van der Waals surface area contributed by atoms with Gasteiger partial charge in [0.1, 0.15) is 13.2 Å². The molecule has 5 rings (SSSR count). The lowest BCUT2D eigenvalue weighted by Crippen LogP contribution is -2.17. The van der Waals surface area contributed by atoms with Gasteiger partial charge in [0.25, 0.3) is 5.91 Å². The molecule has 7 heteroatoms. The number of H-pyrrole nitrogens is 1. The van der Waals surface area contributed by atoms with E-state index in [0.717, 1.165) is 28.3 Å². The summed E-state index contributed by atoms with van der Waals surface area (Å²) in [5, 5.41) is 10.1. The van der Waals surface area contributed by atoms with E-state index in [9.17, 15) is 4.79 Å². The number of anilines is 1. The van der Waals surface area contributed by atoms with Gasteiger partial charge in [0.15, 0.2) is 17.2 Å². The van der Waals surface area contributed by atoms with Crippen LogP contribution in [0.2, 0.25) is 0 Å². The lowest BCUT2D eigenvalue weighted by molar-refractivity contribution is 0.102. The molecule has 28 heavy (non-hydrogen) atoms. The highest BCUT2D eigenvalue weighted by atomic mass is 32.2. The molecule has 0 atom stereocenters. The predicted octanol–water partition coefficient (Wildman–Crippen LogP) is 4.46. The molecule has 0 unspecified atom stereocenters. The summed E-state index contributed by atoms with van der Waals surface area (Å²) < 4.78 is 11.4. The van der Waals surface area contributed by atoms with Gasteiger partial charge in [0.2, 0.25) is 0 Å². The first-order valence-corrected chi connectivity index (χ1v) is 10.1. The zero-order valence-electron chi connectivity index (χ0n) is 15.1. The van der Waals surface area contributed by atoms with Crippen molar-refractivity contribution < 1.29 is 14.3 Å². The molecule has 1 aliphatic carbocycles. The van der Waals surface area contributed by atoms with Crippen molar-refractivity contribution in [1.29, 1.82) is 0 Å². The zero-order valence-corrected chi connectivity index (χ0v) is 15.9. The number of benzene rings is 2. The van der Waals surface area contributed by atoms with Gasteiger partial charge in [-0.15, -0.1) is 0 Å². The van der Waals surface area contributed by atoms with Crippen LogP contribution in [0.15, 0.2) is 58.3 Å². The highest BCUT2D eigenvalue weighted by Crippen LogP contribution is 2.42. The van der Waals surface area contributed by atoms with Crippen molar-refractivity contribution in [3.63, 3.8) is 0 Å². The number of aromatic amines is 1. The smallest absolute Gasteiger partial charge is 0.276 e. The van der Waals surface area contributed by atoms with Crippen LogP contribution >= 0.6 is 11.8 Å². The van der Waals surface area contributed by atoms with Crippen molar-refractivity contribution in [2.45, 2.75) is 28.6 Å². The van der Waals surface area contributed by atoms with Crippen LogP contribution in [0.1, 0.15) is 34.9 Å². The van der Waals surface area contributed by atoms with Gasteiger partial charge < -0.3 is 14.8 Å². The molecule has 0 spiro atoms. The Morgan fingerprint density at radius 2 is 1.82 bits per heavy atom. The molecule has 3 aromatic rings. The van der Waals surface area contributed by atoms with Gasteiger partial charge in [-0.25, -0.2) is 0 Å². The number of nitrogens with one attached hydrogen (secondary N) is 2. The van der Waals surface area contributed by atoms with Crippen LogP contribution in [0.4, 0.5) is 5.69 Å². The second-order valence-electron chi connectivity index (χ2n) is 6.84. The maximum atomic E-state index is 12.8. The van der Waals surface area contributed by atoms with Gasteiger partial charge >= 0.3 is 0 Å². The van der Waals surface area contributed by atoms with Crippen LogP contribution in [0, 0.1) is 0 Å². The Bertz CT molecular complexity index is 1010. The summed E-state index contributed by atoms with van der Waals surface area (Å²) in [5.41, 5.74) is 2.11. The molecule has 2 N–H and O–H groups in total. The van der Waals surface area contributed by atoms with Crippen LogP contribution in [-0.4, -0.2) is 29.3 Å². The number of rotatable bonds is 5. The normalized spacial score (nSPS) is 15.3. The van der Waals surface area contributed by atoms with E-state index in [1.165, 1.54) is 0 Å². The number of ether oxygens (including phenoxy) is 2. The minimum absolute atomic E-state index is 0.241. The number of hydrogen-bond donors (Lipinski definition) is 2. The number of carbonyl (C=O) groups excluding carboxylic acids is 1. The average Bonchev–Trinajstić information content (AvgIpc) is 3.45. The van der Waals surface area contributed by atoms with Crippen LogP contribution in [0.25, 0.3) is 0 Å². The molecular weight excluding hydrogens is 374 g/mol. The second-order valence-corrected chi connectivity index (χ2v) is 7.96. The minimum Gasteiger partial charge on any atom is -0.486 e. The molecule has 1 aromatic heterocycles. The molecule has 0 saturated heterocycles. The third kappa shape index (κ3) is 3.57. The molecule has 0 bridgehead atoms. The van der Waals surface area contributed by atoms with E-state index in [0.29, 0.717) is 42.0 Å². The predicted molar refractivity (Wildman–Crippen MR) is 107 cm³/mol. The Balaban J connectivity index is 1.44. The lowest BCUT2D eigenvalue weighted by atomic mass is 10.2. The molecule has 2 heterocycles. The van der Waals surface area contributed by atoms with Crippen LogP contribution in [-0.2, 0) is 0 Å². The minimum atomic E-state index is -0.241. The Labute approximate surface area is 166 Å². The van der Waals surface area contributed by atoms with E-state index >= 15 is 0 Å². The molecule has 6 nitrogen and oxygen atoms in total. The molecular formula is C21H19N3O3S. The van der Waals surface area contributed by atoms with Crippen molar-refractivity contribution >= 4 is 23.4 Å². The lowest BCUT2D eigenvalue weighted by Gasteiger charge is -2.21. The molecule has 0 radical (unpaired) electrons. The van der Waals surface area contributed by atoms with E-state index in [4.69, 9.17) is 9.47 Å². The van der Waals surface area contributed by atoms with Gasteiger partial charge in [0, 0.05) is 33.5 Å². The Kier molecular flexibility index (Phi) is 4.44. The SMILES string of the molecule is O=C(Nc1cc2c(cc1Sc1ccccc1)OCCO2)c1cc(C2CC2)[nH]n1. The fourth-order valence-electron chi connectivity index (χ4n) is 3.11. The van der Waals surface area contributed by atoms with E-state index in [-0.39, 0.29) is 5.91 Å². The van der Waals surface area contributed by atoms with Crippen molar-refractivity contribution in [1.82, 2.24) is 10.2 Å². The highest BCUT2D eigenvalue weighted by molar-refractivity contribution is 7.99. The first-order chi connectivity index (χ1) is 13.8. The molecule has 142 valence electrons. The third-order valence-electron chi connectivity index (χ3n) is 4.71. The van der Waals surface area contributed by atoms with Gasteiger partial charge in [-0.2, -0.15) is 5.10 Å². The maximum absolute atomic E-state index is 12.8. The van der Waals surface area contributed by atoms with E-state index < -0.39 is 0 Å². The number of fused-ring (bicyclic) bond motifs is 1. The number of carbonyl (C=O) groups is 1. The first kappa shape index (κ1) is 17.2. The summed E-state index contributed by atoms with van der Waals surface area (Å²) in [7, 11) is 0. The monoisotopic (exact) mass is 393 g/mol. The molecule has 1 amide bonds. The molecule has 2 aromatic carbocycles. The van der Waals surface area contributed by atoms with Crippen molar-refractivity contribution in [2.75, 3.05) is 18.5 Å². The van der Waals surface area contributed by atoms with E-state index in [2.05, 4.69) is 15.5 Å². The summed E-state index contributed by atoms with van der Waals surface area (Å²) in [6.45, 7) is 1.01. The van der Waals surface area contributed by atoms with E-state index in [1.807, 2.05) is 48.5 Å². The van der Waals surface area contributed by atoms with Crippen molar-refractivity contribution in [3.05, 3.63) is 59.9 Å². The third-order valence-corrected chi connectivity index (χ3v) is 5.78. The van der Waals surface area contributed by atoms with Gasteiger partial charge in [0.05, 0.1) is 5.69 Å². The number of hydrogen-bond acceptors (Lipinski definition) is 5. The number of aromatic nitrogens is 2. The quantitative estimate of drug-likeness (QED) is 0.669. The zero-order chi connectivity index (χ0) is 18.9. The summed E-state index contributed by atoms with van der Waals surface area (Å²) in [6, 6.07) is 15.6. The second kappa shape index (κ2) is 7.24. The molecule has 1 aliphatic heterocycles. The summed E-state index contributed by atoms with van der Waals surface area (Å²) in [5.74, 6) is 1.61. The van der Waals surface area contributed by atoms with Gasteiger partial charge in [-0.3, -0.25) is 9.89 Å². The van der Waals surface area contributed by atoms with Crippen LogP contribution in [0.3, 0.4) is 0 Å². The molecule has 2 aliphatic rings. The maximum Gasteiger partial charge on any atom is 0.276 e.